The molecule has 0 amide bonds. The number of alkyl halides is 2. The normalized spacial score (nSPS) is 18.8. The summed E-state index contributed by atoms with van der Waals surface area (Å²) < 4.78 is 26.5. The summed E-state index contributed by atoms with van der Waals surface area (Å²) in [6, 6.07) is 0. The Balaban J connectivity index is 1.78. The van der Waals surface area contributed by atoms with Gasteiger partial charge >= 0.3 is 29.8 Å². The van der Waals surface area contributed by atoms with Crippen LogP contribution in [0.15, 0.2) is 24.3 Å². The lowest BCUT2D eigenvalue weighted by Crippen LogP contribution is -2.43. The molecule has 0 bridgehead atoms. The van der Waals surface area contributed by atoms with Crippen molar-refractivity contribution in [2.24, 2.45) is 16.7 Å². The summed E-state index contributed by atoms with van der Waals surface area (Å²) in [5.74, 6) is -2.57. The van der Waals surface area contributed by atoms with E-state index in [1.807, 2.05) is 12.2 Å². The second kappa shape index (κ2) is 28.7. The van der Waals surface area contributed by atoms with E-state index in [0.717, 1.165) is 25.7 Å². The highest BCUT2D eigenvalue weighted by Crippen LogP contribution is 2.70. The molecule has 0 aliphatic heterocycles. The summed E-state index contributed by atoms with van der Waals surface area (Å²) in [5.41, 5.74) is -1.54. The fourth-order valence-corrected chi connectivity index (χ4v) is 7.63. The fraction of sp³-hybridized carbons (Fsp3) is 0.795. The van der Waals surface area contributed by atoms with Crippen LogP contribution in [0.5, 0.6) is 0 Å². The fourth-order valence-electron chi connectivity index (χ4n) is 6.74. The van der Waals surface area contributed by atoms with Crippen LogP contribution in [-0.2, 0) is 47.7 Å². The van der Waals surface area contributed by atoms with E-state index in [0.29, 0.717) is 83.8 Å². The maximum Gasteiger partial charge on any atom is 0.308 e. The van der Waals surface area contributed by atoms with Crippen molar-refractivity contribution in [2.45, 2.75) is 166 Å². The zero-order valence-corrected chi connectivity index (χ0v) is 36.2. The number of hydrogen-bond acceptors (Lipinski definition) is 11. The van der Waals surface area contributed by atoms with Gasteiger partial charge in [0.05, 0.1) is 31.2 Å². The molecule has 13 heteroatoms. The number of unbranched alkanes of at least 4 members (excludes halogenated alkanes) is 8. The van der Waals surface area contributed by atoms with Gasteiger partial charge in [0.1, 0.15) is 24.2 Å². The predicted octanol–water partition coefficient (Wildman–Crippen LogP) is 9.61. The van der Waals surface area contributed by atoms with Gasteiger partial charge in [-0.25, -0.2) is 0 Å². The Bertz CT molecular complexity index is 1190. The lowest BCUT2D eigenvalue weighted by molar-refractivity contribution is -0.168. The Morgan fingerprint density at radius 1 is 0.596 bits per heavy atom. The number of halogens is 2. The van der Waals surface area contributed by atoms with Crippen LogP contribution in [0, 0.1) is 16.7 Å². The molecule has 2 rings (SSSR count). The number of aliphatic hydroxyl groups excluding tert-OH is 1. The number of carbonyl (C=O) groups is 5. The van der Waals surface area contributed by atoms with Gasteiger partial charge < -0.3 is 28.8 Å². The van der Waals surface area contributed by atoms with Crippen LogP contribution in [-0.4, -0.2) is 78.9 Å². The lowest BCUT2D eigenvalue weighted by Gasteiger charge is -2.32. The molecule has 326 valence electrons. The Kier molecular flexibility index (Phi) is 25.5. The molecule has 0 aromatic carbocycles. The largest absolute Gasteiger partial charge is 0.465 e. The van der Waals surface area contributed by atoms with E-state index in [9.17, 15) is 29.1 Å². The molecule has 0 aromatic rings. The Hall–Kier alpha value is -2.63. The van der Waals surface area contributed by atoms with Gasteiger partial charge in [-0.15, -0.1) is 23.2 Å². The van der Waals surface area contributed by atoms with Crippen molar-refractivity contribution in [1.29, 1.82) is 0 Å². The van der Waals surface area contributed by atoms with Crippen LogP contribution in [0.3, 0.4) is 0 Å². The quantitative estimate of drug-likeness (QED) is 0.0227. The number of ether oxygens (including phenoxy) is 5. The zero-order valence-electron chi connectivity index (χ0n) is 34.7. The minimum absolute atomic E-state index is 0.0273. The summed E-state index contributed by atoms with van der Waals surface area (Å²) in [4.78, 5) is 62.7. The molecule has 0 atom stereocenters. The molecular weight excluding hydrogens is 775 g/mol. The van der Waals surface area contributed by atoms with Crippen molar-refractivity contribution >= 4 is 53.0 Å². The molecule has 0 aromatic heterocycles. The Morgan fingerprint density at radius 3 is 1.37 bits per heavy atom. The first-order chi connectivity index (χ1) is 27.4. The van der Waals surface area contributed by atoms with Crippen LogP contribution in [0.4, 0.5) is 0 Å². The molecule has 0 saturated heterocycles. The van der Waals surface area contributed by atoms with Gasteiger partial charge in [0.15, 0.2) is 0 Å². The van der Waals surface area contributed by atoms with Crippen LogP contribution < -0.4 is 0 Å². The molecule has 2 fully saturated rings. The van der Waals surface area contributed by atoms with Crippen molar-refractivity contribution in [1.82, 2.24) is 0 Å². The van der Waals surface area contributed by atoms with Gasteiger partial charge in [-0.2, -0.15) is 0 Å². The van der Waals surface area contributed by atoms with Crippen molar-refractivity contribution in [2.75, 3.05) is 39.6 Å². The van der Waals surface area contributed by atoms with Crippen molar-refractivity contribution in [3.8, 4) is 0 Å². The van der Waals surface area contributed by atoms with Crippen LogP contribution in [0.25, 0.3) is 0 Å². The van der Waals surface area contributed by atoms with E-state index in [-0.39, 0.29) is 68.8 Å². The van der Waals surface area contributed by atoms with Crippen LogP contribution in [0.1, 0.15) is 162 Å². The van der Waals surface area contributed by atoms with Crippen molar-refractivity contribution in [3.05, 3.63) is 24.3 Å². The standard InChI is InChI=1S/C44H70Cl2O11/c1-3-5-7-9-11-13-19-29-53-37(48)21-15-17-23-39(50)55-33-42(32-47,35-57-41(52)36-25-27-43(28-26-36)31-44(43,45)46)34-56-40(51)24-18-16-22-38(49)54-30-20-14-12-10-8-6-4-2/h11-14,36,47H,3-10,15-35H2,1-2H3/b13-11-,14-12-. The van der Waals surface area contributed by atoms with Gasteiger partial charge in [-0.1, -0.05) is 63.8 Å². The third kappa shape index (κ3) is 21.3. The average molecular weight is 846 g/mol. The zero-order chi connectivity index (χ0) is 41.8. The summed E-state index contributed by atoms with van der Waals surface area (Å²) in [5, 5.41) is 10.5. The van der Waals surface area contributed by atoms with Crippen molar-refractivity contribution in [3.63, 3.8) is 0 Å². The first kappa shape index (κ1) is 50.5. The van der Waals surface area contributed by atoms with Crippen molar-refractivity contribution < 1.29 is 52.8 Å². The molecule has 0 unspecified atom stereocenters. The van der Waals surface area contributed by atoms with Gasteiger partial charge in [0.25, 0.3) is 0 Å². The second-order valence-electron chi connectivity index (χ2n) is 15.9. The second-order valence-corrected chi connectivity index (χ2v) is 17.4. The Morgan fingerprint density at radius 2 is 0.982 bits per heavy atom. The van der Waals surface area contributed by atoms with Gasteiger partial charge in [-0.05, 0) is 96.3 Å². The summed E-state index contributed by atoms with van der Waals surface area (Å²) in [6.07, 6.45) is 24.1. The highest BCUT2D eigenvalue weighted by atomic mass is 35.5. The number of aliphatic hydroxyl groups is 1. The van der Waals surface area contributed by atoms with Gasteiger partial charge in [0, 0.05) is 31.1 Å². The summed E-state index contributed by atoms with van der Waals surface area (Å²) >= 11 is 12.7. The third-order valence-corrected chi connectivity index (χ3v) is 11.9. The molecule has 11 nitrogen and oxygen atoms in total. The maximum absolute atomic E-state index is 13.1. The monoisotopic (exact) mass is 844 g/mol. The van der Waals surface area contributed by atoms with E-state index in [2.05, 4.69) is 26.0 Å². The average Bonchev–Trinajstić information content (AvgIpc) is 3.74. The number of allylic oxidation sites excluding steroid dienone is 2. The van der Waals surface area contributed by atoms with E-state index >= 15 is 0 Å². The molecule has 2 aliphatic rings. The summed E-state index contributed by atoms with van der Waals surface area (Å²) in [6.45, 7) is 3.33. The number of hydrogen-bond donors (Lipinski definition) is 1. The minimum atomic E-state index is -1.39. The number of rotatable bonds is 32. The maximum atomic E-state index is 13.1. The van der Waals surface area contributed by atoms with Gasteiger partial charge in [0.2, 0.25) is 0 Å². The molecule has 57 heavy (non-hydrogen) atoms. The smallest absolute Gasteiger partial charge is 0.308 e. The highest BCUT2D eigenvalue weighted by molar-refractivity contribution is 6.51. The number of carbonyl (C=O) groups excluding carboxylic acids is 5. The highest BCUT2D eigenvalue weighted by Gasteiger charge is 2.66. The molecular formula is C44H70Cl2O11. The molecule has 1 spiro atoms. The van der Waals surface area contributed by atoms with Gasteiger partial charge in [-0.3, -0.25) is 24.0 Å². The Labute approximate surface area is 351 Å². The first-order valence-electron chi connectivity index (χ1n) is 21.5. The first-order valence-corrected chi connectivity index (χ1v) is 22.2. The third-order valence-electron chi connectivity index (χ3n) is 10.8. The van der Waals surface area contributed by atoms with E-state index in [1.54, 1.807) is 0 Å². The minimum Gasteiger partial charge on any atom is -0.465 e. The molecule has 2 aliphatic carbocycles. The lowest BCUT2D eigenvalue weighted by atomic mass is 9.79. The molecule has 0 radical (unpaired) electrons. The topological polar surface area (TPSA) is 152 Å². The molecule has 1 N–H and O–H groups in total. The summed E-state index contributed by atoms with van der Waals surface area (Å²) in [7, 11) is 0. The van der Waals surface area contributed by atoms with E-state index in [4.69, 9.17) is 46.9 Å². The molecule has 2 saturated carbocycles. The number of esters is 5. The SMILES string of the molecule is CCCCC/C=C\CCOC(=O)CCCCC(=O)OCC(CO)(COC(=O)CCCCC(=O)OCC/C=C\CCCCC)COC(=O)C1CCC2(CC1)CC2(Cl)Cl. The predicted molar refractivity (Wildman–Crippen MR) is 220 cm³/mol. The van der Waals surface area contributed by atoms with Crippen LogP contribution >= 0.6 is 23.2 Å². The molecule has 0 heterocycles. The van der Waals surface area contributed by atoms with E-state index < -0.39 is 34.3 Å². The van der Waals surface area contributed by atoms with Crippen LogP contribution in [0.2, 0.25) is 0 Å². The van der Waals surface area contributed by atoms with E-state index in [1.165, 1.54) is 25.7 Å².